The van der Waals surface area contributed by atoms with Crippen LogP contribution >= 0.6 is 22.9 Å². The van der Waals surface area contributed by atoms with Gasteiger partial charge in [0.25, 0.3) is 5.91 Å². The summed E-state index contributed by atoms with van der Waals surface area (Å²) in [4.78, 5) is 26.7. The summed E-state index contributed by atoms with van der Waals surface area (Å²) in [6.45, 7) is 5.50. The van der Waals surface area contributed by atoms with Crippen molar-refractivity contribution in [2.45, 2.75) is 20.3 Å². The second-order valence-electron chi connectivity index (χ2n) is 6.56. The highest BCUT2D eigenvalue weighted by Crippen LogP contribution is 2.35. The van der Waals surface area contributed by atoms with Gasteiger partial charge in [0.2, 0.25) is 0 Å². The lowest BCUT2D eigenvalue weighted by Gasteiger charge is -2.34. The van der Waals surface area contributed by atoms with E-state index >= 15 is 0 Å². The smallest absolute Gasteiger partial charge is 0.350 e. The normalized spacial score (nSPS) is 21.0. The number of likely N-dealkylation sites (tertiary alicyclic amines) is 1. The Morgan fingerprint density at radius 2 is 1.92 bits per heavy atom. The maximum Gasteiger partial charge on any atom is 0.350 e. The second-order valence-corrected chi connectivity index (χ2v) is 7.99. The third kappa shape index (κ3) is 3.57. The average molecular weight is 366 g/mol. The Balaban J connectivity index is 1.64. The van der Waals surface area contributed by atoms with Gasteiger partial charge in [0.15, 0.2) is 6.61 Å². The number of amides is 1. The fourth-order valence-corrected chi connectivity index (χ4v) is 4.70. The molecule has 24 heavy (non-hydrogen) atoms. The van der Waals surface area contributed by atoms with Crippen LogP contribution in [0.25, 0.3) is 10.1 Å². The fraction of sp³-hybridized carbons (Fsp3) is 0.444. The molecule has 2 heterocycles. The van der Waals surface area contributed by atoms with Crippen molar-refractivity contribution in [1.82, 2.24) is 4.90 Å². The average Bonchev–Trinajstić information content (AvgIpc) is 2.89. The summed E-state index contributed by atoms with van der Waals surface area (Å²) in [5, 5.41) is 1.23. The van der Waals surface area contributed by atoms with E-state index in [1.54, 1.807) is 4.90 Å². The van der Waals surface area contributed by atoms with Crippen LogP contribution in [-0.2, 0) is 9.53 Å². The minimum atomic E-state index is -0.535. The van der Waals surface area contributed by atoms with E-state index in [-0.39, 0.29) is 12.5 Å². The molecule has 6 heteroatoms. The van der Waals surface area contributed by atoms with Crippen molar-refractivity contribution < 1.29 is 14.3 Å². The van der Waals surface area contributed by atoms with Gasteiger partial charge in [-0.15, -0.1) is 11.3 Å². The van der Waals surface area contributed by atoms with E-state index < -0.39 is 5.97 Å². The summed E-state index contributed by atoms with van der Waals surface area (Å²) in [5.74, 6) is 0.280. The first kappa shape index (κ1) is 17.2. The Morgan fingerprint density at radius 3 is 2.58 bits per heavy atom. The van der Waals surface area contributed by atoms with E-state index in [0.29, 0.717) is 21.7 Å². The van der Waals surface area contributed by atoms with Gasteiger partial charge in [0, 0.05) is 23.2 Å². The molecule has 4 nitrogen and oxygen atoms in total. The SMILES string of the molecule is CC1CC(C)CN(C(=O)COC(=O)c2sc3ccccc3c2Cl)C1. The van der Waals surface area contributed by atoms with Crippen LogP contribution in [-0.4, -0.2) is 36.5 Å². The van der Waals surface area contributed by atoms with Crippen molar-refractivity contribution in [2.75, 3.05) is 19.7 Å². The Labute approximate surface area is 150 Å². The van der Waals surface area contributed by atoms with Crippen LogP contribution in [0.15, 0.2) is 24.3 Å². The molecule has 2 unspecified atom stereocenters. The second kappa shape index (κ2) is 7.11. The molecule has 0 radical (unpaired) electrons. The molecule has 1 fully saturated rings. The number of benzene rings is 1. The van der Waals surface area contributed by atoms with E-state index in [9.17, 15) is 9.59 Å². The molecule has 1 aromatic carbocycles. The van der Waals surface area contributed by atoms with Crippen LogP contribution in [0.2, 0.25) is 5.02 Å². The third-order valence-electron chi connectivity index (χ3n) is 4.27. The van der Waals surface area contributed by atoms with Gasteiger partial charge in [-0.05, 0) is 24.3 Å². The fourth-order valence-electron chi connectivity index (χ4n) is 3.30. The molecular formula is C18H20ClNO3S. The number of esters is 1. The monoisotopic (exact) mass is 365 g/mol. The molecule has 0 aliphatic carbocycles. The van der Waals surface area contributed by atoms with Crippen molar-refractivity contribution in [3.63, 3.8) is 0 Å². The third-order valence-corrected chi connectivity index (χ3v) is 5.92. The van der Waals surface area contributed by atoms with Gasteiger partial charge >= 0.3 is 5.97 Å². The number of carbonyl (C=O) groups excluding carboxylic acids is 2. The number of thiophene rings is 1. The van der Waals surface area contributed by atoms with Gasteiger partial charge in [-0.25, -0.2) is 4.79 Å². The number of hydrogen-bond acceptors (Lipinski definition) is 4. The van der Waals surface area contributed by atoms with Gasteiger partial charge in [0.05, 0.1) is 5.02 Å². The van der Waals surface area contributed by atoms with Crippen molar-refractivity contribution in [3.05, 3.63) is 34.2 Å². The highest BCUT2D eigenvalue weighted by atomic mass is 35.5. The van der Waals surface area contributed by atoms with Crippen LogP contribution in [0.1, 0.15) is 29.9 Å². The molecule has 3 rings (SSSR count). The Morgan fingerprint density at radius 1 is 1.25 bits per heavy atom. The van der Waals surface area contributed by atoms with Gasteiger partial charge in [0.1, 0.15) is 4.88 Å². The molecular weight excluding hydrogens is 346 g/mol. The highest BCUT2D eigenvalue weighted by Gasteiger charge is 2.26. The van der Waals surface area contributed by atoms with Gasteiger partial charge in [-0.2, -0.15) is 0 Å². The maximum atomic E-state index is 12.3. The van der Waals surface area contributed by atoms with E-state index in [1.807, 2.05) is 24.3 Å². The van der Waals surface area contributed by atoms with Crippen LogP contribution in [0.4, 0.5) is 0 Å². The minimum Gasteiger partial charge on any atom is -0.451 e. The molecule has 1 aliphatic heterocycles. The number of hydrogen-bond donors (Lipinski definition) is 0. The lowest BCUT2D eigenvalue weighted by atomic mass is 9.92. The number of fused-ring (bicyclic) bond motifs is 1. The summed E-state index contributed by atoms with van der Waals surface area (Å²) in [7, 11) is 0. The summed E-state index contributed by atoms with van der Waals surface area (Å²) in [6, 6.07) is 7.54. The molecule has 0 spiro atoms. The van der Waals surface area contributed by atoms with E-state index in [4.69, 9.17) is 16.3 Å². The summed E-state index contributed by atoms with van der Waals surface area (Å²) >= 11 is 7.56. The molecule has 1 amide bonds. The van der Waals surface area contributed by atoms with Crippen molar-refractivity contribution in [1.29, 1.82) is 0 Å². The zero-order valence-electron chi connectivity index (χ0n) is 13.8. The molecule has 1 aliphatic rings. The Kier molecular flexibility index (Phi) is 5.11. The van der Waals surface area contributed by atoms with Crippen LogP contribution in [0.3, 0.4) is 0 Å². The molecule has 128 valence electrons. The standard InChI is InChI=1S/C18H20ClNO3S/c1-11-7-12(2)9-20(8-11)15(21)10-23-18(22)17-16(19)13-5-3-4-6-14(13)24-17/h3-6,11-12H,7-10H2,1-2H3. The molecule has 2 atom stereocenters. The van der Waals surface area contributed by atoms with Crippen molar-refractivity contribution in [3.8, 4) is 0 Å². The summed E-state index contributed by atoms with van der Waals surface area (Å²) < 4.78 is 6.15. The summed E-state index contributed by atoms with van der Waals surface area (Å²) in [6.07, 6.45) is 1.13. The number of halogens is 1. The topological polar surface area (TPSA) is 46.6 Å². The summed E-state index contributed by atoms with van der Waals surface area (Å²) in [5.41, 5.74) is 0. The number of piperidine rings is 1. The molecule has 2 aromatic rings. The Hall–Kier alpha value is -1.59. The Bertz CT molecular complexity index is 763. The number of carbonyl (C=O) groups is 2. The minimum absolute atomic E-state index is 0.140. The quantitative estimate of drug-likeness (QED) is 0.765. The van der Waals surface area contributed by atoms with Gasteiger partial charge < -0.3 is 9.64 Å². The molecule has 0 saturated carbocycles. The molecule has 0 bridgehead atoms. The van der Waals surface area contributed by atoms with Crippen LogP contribution < -0.4 is 0 Å². The van der Waals surface area contributed by atoms with Gasteiger partial charge in [-0.1, -0.05) is 43.6 Å². The first-order valence-corrected chi connectivity index (χ1v) is 9.27. The molecule has 1 aromatic heterocycles. The first-order valence-electron chi connectivity index (χ1n) is 8.07. The largest absolute Gasteiger partial charge is 0.451 e. The first-order chi connectivity index (χ1) is 11.5. The molecule has 1 saturated heterocycles. The number of ether oxygens (including phenoxy) is 1. The van der Waals surface area contributed by atoms with Gasteiger partial charge in [-0.3, -0.25) is 4.79 Å². The molecule has 0 N–H and O–H groups in total. The zero-order chi connectivity index (χ0) is 17.3. The highest BCUT2D eigenvalue weighted by molar-refractivity contribution is 7.21. The lowest BCUT2D eigenvalue weighted by molar-refractivity contribution is -0.137. The van der Waals surface area contributed by atoms with Crippen molar-refractivity contribution in [2.24, 2.45) is 11.8 Å². The predicted octanol–water partition coefficient (Wildman–Crippen LogP) is 4.22. The van der Waals surface area contributed by atoms with E-state index in [0.717, 1.165) is 29.6 Å². The van der Waals surface area contributed by atoms with Crippen LogP contribution in [0.5, 0.6) is 0 Å². The zero-order valence-corrected chi connectivity index (χ0v) is 15.3. The van der Waals surface area contributed by atoms with E-state index in [2.05, 4.69) is 13.8 Å². The predicted molar refractivity (Wildman–Crippen MR) is 96.6 cm³/mol. The van der Waals surface area contributed by atoms with Crippen molar-refractivity contribution >= 4 is 44.9 Å². The lowest BCUT2D eigenvalue weighted by Crippen LogP contribution is -2.44. The van der Waals surface area contributed by atoms with Crippen LogP contribution in [0, 0.1) is 11.8 Å². The number of nitrogens with zero attached hydrogens (tertiary/aromatic N) is 1. The van der Waals surface area contributed by atoms with E-state index in [1.165, 1.54) is 11.3 Å². The maximum absolute atomic E-state index is 12.3. The number of rotatable bonds is 3.